The van der Waals surface area contributed by atoms with Gasteiger partial charge in [0.1, 0.15) is 5.56 Å². The second-order valence-electron chi connectivity index (χ2n) is 6.52. The molecule has 0 saturated heterocycles. The number of nitrogens with one attached hydrogen (secondary N) is 1. The van der Waals surface area contributed by atoms with Gasteiger partial charge < -0.3 is 0 Å². The molecule has 0 aromatic heterocycles. The Morgan fingerprint density at radius 3 is 1.71 bits per heavy atom. The summed E-state index contributed by atoms with van der Waals surface area (Å²) in [5, 5.41) is 19.4. The monoisotopic (exact) mass is 494 g/mol. The highest BCUT2D eigenvalue weighted by atomic mass is 35.5. The fourth-order valence-electron chi connectivity index (χ4n) is 1.52. The van der Waals surface area contributed by atoms with Crippen molar-refractivity contribution in [3.05, 3.63) is 79.9 Å². The lowest BCUT2D eigenvalue weighted by Gasteiger charge is -2.14. The maximum absolute atomic E-state index is 10.7. The molecule has 10 nitrogen and oxygen atoms in total. The lowest BCUT2D eigenvalue weighted by atomic mass is 10.1. The summed E-state index contributed by atoms with van der Waals surface area (Å²) in [6.07, 6.45) is 0. The number of nitrogens with zero attached hydrogens (tertiary/aromatic N) is 2. The van der Waals surface area contributed by atoms with E-state index in [2.05, 4.69) is 5.43 Å². The maximum Gasteiger partial charge on any atom is 0.288 e. The van der Waals surface area contributed by atoms with Crippen LogP contribution < -0.4 is 11.3 Å². The number of non-ortho nitro benzene ring substituents is 1. The van der Waals surface area contributed by atoms with Crippen molar-refractivity contribution in [1.29, 1.82) is 0 Å². The van der Waals surface area contributed by atoms with Gasteiger partial charge in [0.15, 0.2) is 0 Å². The minimum atomic E-state index is -1.03. The molecule has 0 aliphatic carbocycles. The quantitative estimate of drug-likeness (QED) is 0.269. The molecule has 0 atom stereocenters. The molecule has 0 unspecified atom stereocenters. The Hall–Kier alpha value is -2.63. The molecule has 0 saturated carbocycles. The number of nitrogens with two attached hydrogens (primary N) is 1. The number of nitro benzene ring substituents is 2. The molecular weight excluding hydrogens is 475 g/mol. The van der Waals surface area contributed by atoms with Crippen molar-refractivity contribution in [2.24, 2.45) is 5.84 Å². The van der Waals surface area contributed by atoms with Gasteiger partial charge in [-0.1, -0.05) is 30.3 Å². The van der Waals surface area contributed by atoms with Gasteiger partial charge >= 0.3 is 0 Å². The number of hydrogen-bond acceptors (Lipinski definition) is 8. The molecule has 0 radical (unpaired) electrons. The van der Waals surface area contributed by atoms with Crippen molar-refractivity contribution in [2.75, 3.05) is 0 Å². The van der Waals surface area contributed by atoms with Crippen LogP contribution in [0.3, 0.4) is 0 Å². The highest BCUT2D eigenvalue weighted by molar-refractivity contribution is 6.68. The largest absolute Gasteiger partial charge is 0.288 e. The van der Waals surface area contributed by atoms with Crippen LogP contribution in [0.5, 0.6) is 0 Å². The van der Waals surface area contributed by atoms with Crippen LogP contribution in [0.1, 0.15) is 41.5 Å². The molecule has 0 aliphatic rings. The van der Waals surface area contributed by atoms with Crippen molar-refractivity contribution < 1.29 is 19.4 Å². The molecule has 13 heteroatoms. The van der Waals surface area contributed by atoms with E-state index >= 15 is 0 Å². The minimum absolute atomic E-state index is 0. The number of rotatable bonds is 4. The van der Waals surface area contributed by atoms with Crippen LogP contribution in [0.25, 0.3) is 0 Å². The van der Waals surface area contributed by atoms with Gasteiger partial charge in [-0.25, -0.2) is 0 Å². The van der Waals surface area contributed by atoms with Crippen molar-refractivity contribution in [3.8, 4) is 0 Å². The van der Waals surface area contributed by atoms with E-state index in [1.165, 1.54) is 0 Å². The predicted molar refractivity (Wildman–Crippen MR) is 121 cm³/mol. The van der Waals surface area contributed by atoms with E-state index < -0.39 is 31.7 Å². The average Bonchev–Trinajstić information content (AvgIpc) is 2.68. The summed E-state index contributed by atoms with van der Waals surface area (Å²) in [7, 11) is 0. The van der Waals surface area contributed by atoms with E-state index in [0.29, 0.717) is 11.6 Å². The van der Waals surface area contributed by atoms with Gasteiger partial charge in [0.2, 0.25) is 0 Å². The molecular formula is C18H21Cl3N4O6. The normalized spacial score (nSPS) is 9.61. The maximum atomic E-state index is 10.7. The summed E-state index contributed by atoms with van der Waals surface area (Å²) < 4.78 is 0. The van der Waals surface area contributed by atoms with Crippen LogP contribution in [0.4, 0.5) is 11.4 Å². The Kier molecular flexibility index (Phi) is 14.2. The summed E-state index contributed by atoms with van der Waals surface area (Å²) >= 11 is 10.2. The smallest absolute Gasteiger partial charge is 0.276 e. The minimum Gasteiger partial charge on any atom is -0.276 e. The molecule has 2 aromatic carbocycles. The number of hydrazine groups is 1. The third-order valence-corrected chi connectivity index (χ3v) is 3.46. The Morgan fingerprint density at radius 1 is 0.935 bits per heavy atom. The molecule has 0 heterocycles. The van der Waals surface area contributed by atoms with Gasteiger partial charge in [-0.3, -0.25) is 41.1 Å². The van der Waals surface area contributed by atoms with E-state index in [4.69, 9.17) is 29.0 Å². The van der Waals surface area contributed by atoms with Crippen LogP contribution >= 0.6 is 35.6 Å². The molecule has 0 bridgehead atoms. The van der Waals surface area contributed by atoms with E-state index in [1.807, 2.05) is 26.8 Å². The number of carbonyl (C=O) groups excluding carboxylic acids is 2. The molecule has 0 spiro atoms. The van der Waals surface area contributed by atoms with E-state index in [1.54, 1.807) is 24.3 Å². The third kappa shape index (κ3) is 12.6. The van der Waals surface area contributed by atoms with Gasteiger partial charge in [0.05, 0.1) is 15.9 Å². The van der Waals surface area contributed by atoms with Gasteiger partial charge in [0, 0.05) is 17.2 Å². The van der Waals surface area contributed by atoms with E-state index in [-0.39, 0.29) is 23.5 Å². The average molecular weight is 496 g/mol. The van der Waals surface area contributed by atoms with Crippen molar-refractivity contribution in [1.82, 2.24) is 5.43 Å². The second-order valence-corrected chi connectivity index (χ2v) is 7.21. The van der Waals surface area contributed by atoms with Gasteiger partial charge in [0.25, 0.3) is 21.9 Å². The van der Waals surface area contributed by atoms with Crippen LogP contribution in [0.2, 0.25) is 0 Å². The highest BCUT2D eigenvalue weighted by Gasteiger charge is 2.22. The standard InChI is InChI=1S/C7H3ClN2O5.C7H5ClO.C4H12N2.ClH/c8-7(11)5-2-1-4(9(12)13)3-6(5)10(14)15;8-7(9)6-4-2-1-3-5-6;1-4(2,3)6-5;/h1-3H;1-5H;6H,5H2,1-3H3;1H. The molecule has 170 valence electrons. The second kappa shape index (κ2) is 14.4. The molecule has 0 aliphatic heterocycles. The predicted octanol–water partition coefficient (Wildman–Crippen LogP) is 4.62. The van der Waals surface area contributed by atoms with Crippen molar-refractivity contribution >= 4 is 57.5 Å². The van der Waals surface area contributed by atoms with Crippen LogP contribution in [-0.4, -0.2) is 25.9 Å². The number of hydrogen-bond donors (Lipinski definition) is 2. The Morgan fingerprint density at radius 2 is 1.42 bits per heavy atom. The fraction of sp³-hybridized carbons (Fsp3) is 0.222. The number of nitro groups is 2. The fourth-order valence-corrected chi connectivity index (χ4v) is 1.81. The zero-order chi connectivity index (χ0) is 23.5. The first-order valence-corrected chi connectivity index (χ1v) is 8.91. The number of carbonyl (C=O) groups is 2. The lowest BCUT2D eigenvalue weighted by Crippen LogP contribution is -2.41. The van der Waals surface area contributed by atoms with Crippen LogP contribution in [0, 0.1) is 20.2 Å². The molecule has 2 rings (SSSR count). The molecule has 31 heavy (non-hydrogen) atoms. The first kappa shape index (κ1) is 30.6. The molecule has 3 N–H and O–H groups in total. The van der Waals surface area contributed by atoms with Crippen molar-refractivity contribution in [2.45, 2.75) is 26.3 Å². The van der Waals surface area contributed by atoms with Crippen LogP contribution in [0.15, 0.2) is 48.5 Å². The van der Waals surface area contributed by atoms with Gasteiger partial charge in [-0.15, -0.1) is 12.4 Å². The summed E-state index contributed by atoms with van der Waals surface area (Å²) in [4.78, 5) is 40.3. The zero-order valence-electron chi connectivity index (χ0n) is 16.7. The SMILES string of the molecule is CC(C)(C)NN.Cl.O=C(Cl)c1ccc([N+](=O)[O-])cc1[N+](=O)[O-].O=C(Cl)c1ccccc1. The number of halogens is 3. The van der Waals surface area contributed by atoms with Crippen LogP contribution in [-0.2, 0) is 0 Å². The Labute approximate surface area is 194 Å². The topological polar surface area (TPSA) is 158 Å². The summed E-state index contributed by atoms with van der Waals surface area (Å²) in [6, 6.07) is 11.4. The zero-order valence-corrected chi connectivity index (χ0v) is 19.0. The molecule has 0 fully saturated rings. The summed E-state index contributed by atoms with van der Waals surface area (Å²) in [5.74, 6) is 5.06. The molecule has 2 aromatic rings. The van der Waals surface area contributed by atoms with E-state index in [9.17, 15) is 29.8 Å². The highest BCUT2D eigenvalue weighted by Crippen LogP contribution is 2.25. The summed E-state index contributed by atoms with van der Waals surface area (Å²) in [6.45, 7) is 6.02. The first-order chi connectivity index (χ1) is 13.8. The Balaban J connectivity index is 0. The van der Waals surface area contributed by atoms with Gasteiger partial charge in [-0.2, -0.15) is 0 Å². The van der Waals surface area contributed by atoms with Gasteiger partial charge in [-0.05, 0) is 50.0 Å². The number of benzene rings is 2. The van der Waals surface area contributed by atoms with E-state index in [0.717, 1.165) is 12.1 Å². The first-order valence-electron chi connectivity index (χ1n) is 8.15. The Bertz CT molecular complexity index is 905. The summed E-state index contributed by atoms with van der Waals surface area (Å²) in [5.41, 5.74) is 1.70. The molecule has 0 amide bonds. The lowest BCUT2D eigenvalue weighted by molar-refractivity contribution is -0.394. The van der Waals surface area contributed by atoms with Crippen molar-refractivity contribution in [3.63, 3.8) is 0 Å². The third-order valence-electron chi connectivity index (χ3n) is 3.03.